The molecule has 0 aliphatic heterocycles. The maximum absolute atomic E-state index is 11.1. The van der Waals surface area contributed by atoms with Gasteiger partial charge in [0.1, 0.15) is 5.88 Å². The van der Waals surface area contributed by atoms with Crippen LogP contribution in [-0.2, 0) is 24.7 Å². The zero-order valence-electron chi connectivity index (χ0n) is 8.66. The van der Waals surface area contributed by atoms with Gasteiger partial charge >= 0.3 is 0 Å². The summed E-state index contributed by atoms with van der Waals surface area (Å²) in [5.41, 5.74) is 2.52. The standard InChI is InChI=1S/C10H14ClN3O/c1-14-9-4-8(13-10(15)5-11)3-2-7(9)6-12-14/h6,8H,2-5H2,1H3,(H,13,15). The second-order valence-corrected chi connectivity index (χ2v) is 4.15. The van der Waals surface area contributed by atoms with Crippen LogP contribution in [0.25, 0.3) is 0 Å². The van der Waals surface area contributed by atoms with Gasteiger partial charge in [0.2, 0.25) is 5.91 Å². The Bertz CT molecular complexity index is 375. The van der Waals surface area contributed by atoms with Gasteiger partial charge in [0.25, 0.3) is 0 Å². The number of halogens is 1. The topological polar surface area (TPSA) is 46.9 Å². The van der Waals surface area contributed by atoms with E-state index in [1.165, 1.54) is 11.3 Å². The fraction of sp³-hybridized carbons (Fsp3) is 0.600. The van der Waals surface area contributed by atoms with Crippen LogP contribution >= 0.6 is 11.6 Å². The molecular formula is C10H14ClN3O. The first-order valence-electron chi connectivity index (χ1n) is 5.05. The lowest BCUT2D eigenvalue weighted by Gasteiger charge is -2.23. The van der Waals surface area contributed by atoms with Crippen LogP contribution in [0.3, 0.4) is 0 Å². The van der Waals surface area contributed by atoms with E-state index in [1.807, 2.05) is 17.9 Å². The van der Waals surface area contributed by atoms with Crippen molar-refractivity contribution in [1.82, 2.24) is 15.1 Å². The number of carbonyl (C=O) groups is 1. The van der Waals surface area contributed by atoms with Crippen molar-refractivity contribution < 1.29 is 4.79 Å². The molecule has 1 aliphatic rings. The number of fused-ring (bicyclic) bond motifs is 1. The van der Waals surface area contributed by atoms with Gasteiger partial charge < -0.3 is 5.32 Å². The zero-order chi connectivity index (χ0) is 10.8. The summed E-state index contributed by atoms with van der Waals surface area (Å²) in [6, 6.07) is 0.208. The normalized spacial score (nSPS) is 19.7. The Morgan fingerprint density at radius 2 is 2.60 bits per heavy atom. The highest BCUT2D eigenvalue weighted by atomic mass is 35.5. The van der Waals surface area contributed by atoms with E-state index in [9.17, 15) is 4.79 Å². The van der Waals surface area contributed by atoms with Crippen LogP contribution in [0.15, 0.2) is 6.20 Å². The van der Waals surface area contributed by atoms with Gasteiger partial charge in [-0.3, -0.25) is 9.48 Å². The summed E-state index contributed by atoms with van der Waals surface area (Å²) in [5, 5.41) is 7.12. The lowest BCUT2D eigenvalue weighted by atomic mass is 9.93. The Kier molecular flexibility index (Phi) is 2.95. The number of nitrogens with zero attached hydrogens (tertiary/aromatic N) is 2. The second-order valence-electron chi connectivity index (χ2n) is 3.88. The van der Waals surface area contributed by atoms with Gasteiger partial charge in [-0.1, -0.05) is 0 Å². The minimum absolute atomic E-state index is 0.0365. The highest BCUT2D eigenvalue weighted by Crippen LogP contribution is 2.20. The number of aryl methyl sites for hydroxylation is 2. The van der Waals surface area contributed by atoms with Crippen molar-refractivity contribution in [2.24, 2.45) is 7.05 Å². The fourth-order valence-corrected chi connectivity index (χ4v) is 2.11. The first-order valence-corrected chi connectivity index (χ1v) is 5.59. The average Bonchev–Trinajstić information content (AvgIpc) is 2.60. The number of hydrogen-bond acceptors (Lipinski definition) is 2. The summed E-state index contributed by atoms with van der Waals surface area (Å²) in [7, 11) is 1.94. The van der Waals surface area contributed by atoms with E-state index < -0.39 is 0 Å². The zero-order valence-corrected chi connectivity index (χ0v) is 9.42. The lowest BCUT2D eigenvalue weighted by Crippen LogP contribution is -2.39. The molecule has 1 heterocycles. The molecule has 15 heavy (non-hydrogen) atoms. The van der Waals surface area contributed by atoms with Crippen molar-refractivity contribution in [2.75, 3.05) is 5.88 Å². The summed E-state index contributed by atoms with van der Waals surface area (Å²) in [6.07, 6.45) is 4.72. The number of alkyl halides is 1. The van der Waals surface area contributed by atoms with Crippen LogP contribution in [0.5, 0.6) is 0 Å². The van der Waals surface area contributed by atoms with Crippen LogP contribution < -0.4 is 5.32 Å². The lowest BCUT2D eigenvalue weighted by molar-refractivity contribution is -0.119. The van der Waals surface area contributed by atoms with Crippen molar-refractivity contribution in [3.05, 3.63) is 17.5 Å². The maximum atomic E-state index is 11.1. The van der Waals surface area contributed by atoms with Gasteiger partial charge in [-0.05, 0) is 18.4 Å². The SMILES string of the molecule is Cn1ncc2c1CC(NC(=O)CCl)CC2. The molecule has 0 bridgehead atoms. The predicted octanol–water partition coefficient (Wildman–Crippen LogP) is 0.632. The van der Waals surface area contributed by atoms with Crippen molar-refractivity contribution >= 4 is 17.5 Å². The van der Waals surface area contributed by atoms with E-state index in [0.29, 0.717) is 0 Å². The first-order chi connectivity index (χ1) is 7.20. The van der Waals surface area contributed by atoms with Crippen molar-refractivity contribution in [1.29, 1.82) is 0 Å². The van der Waals surface area contributed by atoms with E-state index in [4.69, 9.17) is 11.6 Å². The number of hydrogen-bond donors (Lipinski definition) is 1. The highest BCUT2D eigenvalue weighted by molar-refractivity contribution is 6.27. The molecule has 2 rings (SSSR count). The van der Waals surface area contributed by atoms with E-state index in [-0.39, 0.29) is 17.8 Å². The van der Waals surface area contributed by atoms with Gasteiger partial charge in [-0.25, -0.2) is 0 Å². The number of aromatic nitrogens is 2. The summed E-state index contributed by atoms with van der Waals surface area (Å²) in [5.74, 6) is -0.0540. The molecule has 0 radical (unpaired) electrons. The average molecular weight is 228 g/mol. The van der Waals surface area contributed by atoms with Crippen molar-refractivity contribution in [3.63, 3.8) is 0 Å². The Balaban J connectivity index is 2.05. The Morgan fingerprint density at radius 3 is 3.33 bits per heavy atom. The van der Waals surface area contributed by atoms with E-state index in [0.717, 1.165) is 19.3 Å². The van der Waals surface area contributed by atoms with Gasteiger partial charge in [0, 0.05) is 25.2 Å². The Labute approximate surface area is 93.6 Å². The molecule has 0 saturated carbocycles. The summed E-state index contributed by atoms with van der Waals surface area (Å²) in [6.45, 7) is 0. The van der Waals surface area contributed by atoms with Crippen LogP contribution in [0.1, 0.15) is 17.7 Å². The minimum atomic E-state index is -0.0905. The second kappa shape index (κ2) is 4.23. The molecule has 1 atom stereocenters. The molecule has 0 fully saturated rings. The quantitative estimate of drug-likeness (QED) is 0.754. The first kappa shape index (κ1) is 10.5. The van der Waals surface area contributed by atoms with Crippen molar-refractivity contribution in [2.45, 2.75) is 25.3 Å². The summed E-state index contributed by atoms with van der Waals surface area (Å²) in [4.78, 5) is 11.1. The number of nitrogens with one attached hydrogen (secondary N) is 1. The van der Waals surface area contributed by atoms with Gasteiger partial charge in [-0.15, -0.1) is 11.6 Å². The molecule has 1 unspecified atom stereocenters. The largest absolute Gasteiger partial charge is 0.352 e. The molecular weight excluding hydrogens is 214 g/mol. The molecule has 1 aliphatic carbocycles. The van der Waals surface area contributed by atoms with Gasteiger partial charge in [0.05, 0.1) is 6.20 Å². The predicted molar refractivity (Wildman–Crippen MR) is 57.9 cm³/mol. The molecule has 1 amide bonds. The molecule has 0 spiro atoms. The van der Waals surface area contributed by atoms with Crippen molar-refractivity contribution in [3.8, 4) is 0 Å². The number of amides is 1. The summed E-state index contributed by atoms with van der Waals surface area (Å²) >= 11 is 5.45. The van der Waals surface area contributed by atoms with Crippen LogP contribution in [0.2, 0.25) is 0 Å². The van der Waals surface area contributed by atoms with Crippen LogP contribution in [0.4, 0.5) is 0 Å². The third kappa shape index (κ3) is 2.15. The van der Waals surface area contributed by atoms with E-state index in [1.54, 1.807) is 0 Å². The van der Waals surface area contributed by atoms with Gasteiger partial charge in [0.15, 0.2) is 0 Å². The van der Waals surface area contributed by atoms with E-state index >= 15 is 0 Å². The third-order valence-electron chi connectivity index (χ3n) is 2.84. The highest BCUT2D eigenvalue weighted by Gasteiger charge is 2.22. The van der Waals surface area contributed by atoms with Gasteiger partial charge in [-0.2, -0.15) is 5.10 Å². The molecule has 1 aromatic rings. The fourth-order valence-electron chi connectivity index (χ4n) is 2.04. The summed E-state index contributed by atoms with van der Waals surface area (Å²) < 4.78 is 1.88. The van der Waals surface area contributed by atoms with E-state index in [2.05, 4.69) is 10.4 Å². The molecule has 1 aromatic heterocycles. The minimum Gasteiger partial charge on any atom is -0.352 e. The molecule has 5 heteroatoms. The molecule has 1 N–H and O–H groups in total. The molecule has 0 saturated heterocycles. The maximum Gasteiger partial charge on any atom is 0.235 e. The monoisotopic (exact) mass is 227 g/mol. The number of rotatable bonds is 2. The molecule has 0 aromatic carbocycles. The van der Waals surface area contributed by atoms with Crippen LogP contribution in [-0.4, -0.2) is 27.6 Å². The number of carbonyl (C=O) groups excluding carboxylic acids is 1. The third-order valence-corrected chi connectivity index (χ3v) is 3.08. The molecule has 4 nitrogen and oxygen atoms in total. The Hall–Kier alpha value is -1.03. The van der Waals surface area contributed by atoms with Crippen LogP contribution in [0, 0.1) is 0 Å². The smallest absolute Gasteiger partial charge is 0.235 e. The molecule has 82 valence electrons. The Morgan fingerprint density at radius 1 is 1.80 bits per heavy atom.